The Balaban J connectivity index is 2.09. The average Bonchev–Trinajstić information content (AvgIpc) is 3.00. The second-order valence-electron chi connectivity index (χ2n) is 6.92. The molecule has 0 bridgehead atoms. The lowest BCUT2D eigenvalue weighted by Crippen LogP contribution is -2.46. The molecule has 1 aromatic rings. The van der Waals surface area contributed by atoms with Crippen LogP contribution in [-0.4, -0.2) is 74.9 Å². The molecule has 1 fully saturated rings. The number of hydrogen-bond donors (Lipinski definition) is 6. The number of benzene rings is 1. The van der Waals surface area contributed by atoms with E-state index in [1.54, 1.807) is 30.3 Å². The van der Waals surface area contributed by atoms with E-state index >= 15 is 0 Å². The van der Waals surface area contributed by atoms with Crippen LogP contribution in [0.5, 0.6) is 0 Å². The van der Waals surface area contributed by atoms with Gasteiger partial charge in [0.25, 0.3) is 17.7 Å². The van der Waals surface area contributed by atoms with Gasteiger partial charge < -0.3 is 20.6 Å². The molecule has 0 saturated carbocycles. The van der Waals surface area contributed by atoms with Gasteiger partial charge in [0.2, 0.25) is 5.96 Å². The summed E-state index contributed by atoms with van der Waals surface area (Å²) in [7, 11) is 0. The van der Waals surface area contributed by atoms with E-state index in [2.05, 4.69) is 15.6 Å². The van der Waals surface area contributed by atoms with E-state index in [1.807, 2.05) is 6.92 Å². The van der Waals surface area contributed by atoms with Gasteiger partial charge in [-0.05, 0) is 18.6 Å². The van der Waals surface area contributed by atoms with Crippen LogP contribution >= 0.6 is 0 Å². The zero-order valence-corrected chi connectivity index (χ0v) is 16.6. The largest absolute Gasteiger partial charge is 0.394 e. The zero-order chi connectivity index (χ0) is 22.3. The van der Waals surface area contributed by atoms with Gasteiger partial charge >= 0.3 is 0 Å². The molecule has 1 saturated heterocycles. The molecule has 0 spiro atoms. The normalized spacial score (nSPS) is 20.6. The summed E-state index contributed by atoms with van der Waals surface area (Å²) in [6.07, 6.45) is -2.18. The monoisotopic (exact) mass is 421 g/mol. The Morgan fingerprint density at radius 1 is 1.27 bits per heavy atom. The van der Waals surface area contributed by atoms with Gasteiger partial charge in [-0.25, -0.2) is 5.84 Å². The molecule has 11 nitrogen and oxygen atoms in total. The number of rotatable bonds is 9. The summed E-state index contributed by atoms with van der Waals surface area (Å²) in [4.78, 5) is 41.0. The van der Waals surface area contributed by atoms with Gasteiger partial charge in [-0.3, -0.25) is 24.7 Å². The second-order valence-corrected chi connectivity index (χ2v) is 6.92. The number of carbonyl (C=O) groups is 3. The Kier molecular flexibility index (Phi) is 8.42. The van der Waals surface area contributed by atoms with E-state index in [0.717, 1.165) is 5.01 Å². The highest BCUT2D eigenvalue weighted by Crippen LogP contribution is 2.13. The summed E-state index contributed by atoms with van der Waals surface area (Å²) in [6.45, 7) is 1.16. The maximum atomic E-state index is 12.6. The van der Waals surface area contributed by atoms with Crippen LogP contribution in [0.15, 0.2) is 35.3 Å². The topological polar surface area (TPSA) is 178 Å². The standard InChI is InChI=1S/C19H27N5O6/c1-2-6-12(21-16(28)11-7-4-3-5-8-11)17(29)22-19-23-18(30)13(24(19)20)9-14(26)15(27)10-25/h3-5,7-8,12-15,25-27H,2,6,9-10,20H2,1H3,(H,21,28)(H,22,23,29,30). The fourth-order valence-corrected chi connectivity index (χ4v) is 2.91. The van der Waals surface area contributed by atoms with Gasteiger partial charge in [-0.1, -0.05) is 31.5 Å². The number of guanidine groups is 1. The molecule has 3 amide bonds. The molecule has 4 atom stereocenters. The number of nitrogens with two attached hydrogens (primary N) is 1. The number of aliphatic hydroxyl groups excluding tert-OH is 3. The SMILES string of the molecule is CCCC(NC(=O)c1ccccc1)C(=O)N=C1NC(=O)C(CC(O)C(O)CO)N1N. The minimum Gasteiger partial charge on any atom is -0.394 e. The highest BCUT2D eigenvalue weighted by molar-refractivity contribution is 6.10. The summed E-state index contributed by atoms with van der Waals surface area (Å²) in [5.41, 5.74) is 0.394. The molecule has 4 unspecified atom stereocenters. The van der Waals surface area contributed by atoms with Gasteiger partial charge in [0.05, 0.1) is 12.7 Å². The first kappa shape index (κ1) is 23.4. The van der Waals surface area contributed by atoms with E-state index in [1.165, 1.54) is 0 Å². The van der Waals surface area contributed by atoms with Gasteiger partial charge in [-0.2, -0.15) is 4.99 Å². The maximum Gasteiger partial charge on any atom is 0.271 e. The third-order valence-corrected chi connectivity index (χ3v) is 4.65. The molecule has 7 N–H and O–H groups in total. The van der Waals surface area contributed by atoms with E-state index in [0.29, 0.717) is 18.4 Å². The molecule has 30 heavy (non-hydrogen) atoms. The second kappa shape index (κ2) is 10.8. The van der Waals surface area contributed by atoms with E-state index < -0.39 is 48.6 Å². The molecule has 1 aromatic carbocycles. The van der Waals surface area contributed by atoms with Crippen LogP contribution in [-0.2, 0) is 9.59 Å². The van der Waals surface area contributed by atoms with Crippen LogP contribution < -0.4 is 16.5 Å². The summed E-state index contributed by atoms with van der Waals surface area (Å²) >= 11 is 0. The average molecular weight is 421 g/mol. The minimum absolute atomic E-state index is 0.226. The number of aliphatic hydroxyl groups is 3. The Morgan fingerprint density at radius 3 is 2.53 bits per heavy atom. The highest BCUT2D eigenvalue weighted by Gasteiger charge is 2.38. The fourth-order valence-electron chi connectivity index (χ4n) is 2.91. The summed E-state index contributed by atoms with van der Waals surface area (Å²) < 4.78 is 0. The molecule has 0 aliphatic carbocycles. The highest BCUT2D eigenvalue weighted by atomic mass is 16.4. The fraction of sp³-hybridized carbons (Fsp3) is 0.474. The quantitative estimate of drug-likeness (QED) is 0.254. The molecule has 2 rings (SSSR count). The van der Waals surface area contributed by atoms with Crippen molar-refractivity contribution in [2.24, 2.45) is 10.8 Å². The van der Waals surface area contributed by atoms with Gasteiger partial charge in [0.1, 0.15) is 18.2 Å². The van der Waals surface area contributed by atoms with Crippen LogP contribution in [0.25, 0.3) is 0 Å². The van der Waals surface area contributed by atoms with Gasteiger partial charge in [0.15, 0.2) is 0 Å². The van der Waals surface area contributed by atoms with Crippen molar-refractivity contribution in [2.45, 2.75) is 50.5 Å². The molecule has 1 aliphatic heterocycles. The lowest BCUT2D eigenvalue weighted by molar-refractivity contribution is -0.123. The minimum atomic E-state index is -1.43. The summed E-state index contributed by atoms with van der Waals surface area (Å²) in [5.74, 6) is 3.88. The van der Waals surface area contributed by atoms with E-state index in [4.69, 9.17) is 10.9 Å². The number of carbonyl (C=O) groups excluding carboxylic acids is 3. The van der Waals surface area contributed by atoms with Crippen molar-refractivity contribution >= 4 is 23.7 Å². The first-order valence-corrected chi connectivity index (χ1v) is 9.58. The van der Waals surface area contributed by atoms with Crippen molar-refractivity contribution in [1.29, 1.82) is 0 Å². The van der Waals surface area contributed by atoms with Crippen LogP contribution in [0.2, 0.25) is 0 Å². The Labute approximate surface area is 173 Å². The summed E-state index contributed by atoms with van der Waals surface area (Å²) in [6, 6.07) is 6.40. The predicted molar refractivity (Wildman–Crippen MR) is 107 cm³/mol. The predicted octanol–water partition coefficient (Wildman–Crippen LogP) is -1.75. The van der Waals surface area contributed by atoms with Crippen molar-refractivity contribution in [3.63, 3.8) is 0 Å². The number of hydrazine groups is 1. The zero-order valence-electron chi connectivity index (χ0n) is 16.6. The molecule has 164 valence electrons. The number of nitrogens with one attached hydrogen (secondary N) is 2. The number of nitrogens with zero attached hydrogens (tertiary/aromatic N) is 2. The molecule has 1 aliphatic rings. The van der Waals surface area contributed by atoms with Crippen molar-refractivity contribution in [1.82, 2.24) is 15.6 Å². The number of hydrogen-bond acceptors (Lipinski definition) is 7. The van der Waals surface area contributed by atoms with Gasteiger partial charge in [0, 0.05) is 12.0 Å². The third-order valence-electron chi connectivity index (χ3n) is 4.65. The maximum absolute atomic E-state index is 12.6. The lowest BCUT2D eigenvalue weighted by Gasteiger charge is -2.22. The van der Waals surface area contributed by atoms with E-state index in [9.17, 15) is 24.6 Å². The van der Waals surface area contributed by atoms with Crippen molar-refractivity contribution < 1.29 is 29.7 Å². The summed E-state index contributed by atoms with van der Waals surface area (Å²) in [5, 5.41) is 34.0. The van der Waals surface area contributed by atoms with Crippen LogP contribution in [0, 0.1) is 0 Å². The molecule has 11 heteroatoms. The lowest BCUT2D eigenvalue weighted by atomic mass is 10.1. The first-order valence-electron chi connectivity index (χ1n) is 9.58. The Hall–Kier alpha value is -2.86. The van der Waals surface area contributed by atoms with Gasteiger partial charge in [-0.15, -0.1) is 0 Å². The molecule has 1 heterocycles. The molecule has 0 radical (unpaired) electrons. The van der Waals surface area contributed by atoms with Crippen LogP contribution in [0.4, 0.5) is 0 Å². The van der Waals surface area contributed by atoms with E-state index in [-0.39, 0.29) is 12.4 Å². The molecular formula is C19H27N5O6. The number of aliphatic imine (C=N–C) groups is 1. The smallest absolute Gasteiger partial charge is 0.271 e. The van der Waals surface area contributed by atoms with Crippen molar-refractivity contribution in [2.75, 3.05) is 6.61 Å². The van der Waals surface area contributed by atoms with Crippen molar-refractivity contribution in [3.05, 3.63) is 35.9 Å². The molecule has 0 aromatic heterocycles. The third kappa shape index (κ3) is 5.83. The Morgan fingerprint density at radius 2 is 1.93 bits per heavy atom. The van der Waals surface area contributed by atoms with Crippen LogP contribution in [0.1, 0.15) is 36.5 Å². The van der Waals surface area contributed by atoms with Crippen LogP contribution in [0.3, 0.4) is 0 Å². The first-order chi connectivity index (χ1) is 14.3. The Bertz CT molecular complexity index is 787. The molecular weight excluding hydrogens is 394 g/mol. The van der Waals surface area contributed by atoms with Crippen molar-refractivity contribution in [3.8, 4) is 0 Å². The number of amides is 3.